The molecule has 0 atom stereocenters. The predicted molar refractivity (Wildman–Crippen MR) is 127 cm³/mol. The number of carbonyl (C=O) groups excluding carboxylic acids is 2. The minimum Gasteiger partial charge on any atom is -0.325 e. The fraction of sp³-hybridized carbons (Fsp3) is 0.261. The first-order valence-corrected chi connectivity index (χ1v) is 11.1. The van der Waals surface area contributed by atoms with Gasteiger partial charge >= 0.3 is 0 Å². The van der Waals surface area contributed by atoms with Crippen molar-refractivity contribution in [3.8, 4) is 11.3 Å². The van der Waals surface area contributed by atoms with E-state index in [4.69, 9.17) is 0 Å². The molecule has 1 aromatic heterocycles. The van der Waals surface area contributed by atoms with Crippen molar-refractivity contribution in [1.29, 1.82) is 0 Å². The molecular weight excluding hydrogens is 426 g/mol. The fourth-order valence-corrected chi connectivity index (χ4v) is 3.66. The SMILES string of the molecule is CC(=O)Nc1c(C)cccc1-c1nnc(SCC(=O)Nc2ccc(C(C)C)cc2)[nH]c1=O. The average Bonchev–Trinajstić information content (AvgIpc) is 2.74. The summed E-state index contributed by atoms with van der Waals surface area (Å²) in [6.45, 7) is 7.44. The third kappa shape index (κ3) is 5.82. The monoisotopic (exact) mass is 451 g/mol. The first-order valence-electron chi connectivity index (χ1n) is 10.1. The minimum atomic E-state index is -0.454. The molecule has 3 N–H and O–H groups in total. The topological polar surface area (TPSA) is 117 Å². The summed E-state index contributed by atoms with van der Waals surface area (Å²) in [6, 6.07) is 13.0. The maximum absolute atomic E-state index is 12.6. The molecule has 2 aromatic carbocycles. The van der Waals surface area contributed by atoms with Crippen LogP contribution in [0.3, 0.4) is 0 Å². The number of H-pyrrole nitrogens is 1. The molecular formula is C23H25N5O3S. The molecule has 0 bridgehead atoms. The minimum absolute atomic E-state index is 0.0670. The van der Waals surface area contributed by atoms with E-state index in [1.165, 1.54) is 12.5 Å². The molecule has 3 rings (SSSR count). The number of para-hydroxylation sites is 1. The van der Waals surface area contributed by atoms with Crippen molar-refractivity contribution in [2.45, 2.75) is 38.8 Å². The molecule has 0 aliphatic rings. The van der Waals surface area contributed by atoms with Gasteiger partial charge in [-0.3, -0.25) is 19.4 Å². The summed E-state index contributed by atoms with van der Waals surface area (Å²) in [5.74, 6) is 0.0210. The van der Waals surface area contributed by atoms with Crippen molar-refractivity contribution < 1.29 is 9.59 Å². The smallest absolute Gasteiger partial charge is 0.278 e. The Kier molecular flexibility index (Phi) is 7.42. The lowest BCUT2D eigenvalue weighted by Crippen LogP contribution is -2.18. The molecule has 0 unspecified atom stereocenters. The molecule has 9 heteroatoms. The van der Waals surface area contributed by atoms with Crippen LogP contribution >= 0.6 is 11.8 Å². The zero-order valence-electron chi connectivity index (χ0n) is 18.4. The Morgan fingerprint density at radius 3 is 2.41 bits per heavy atom. The highest BCUT2D eigenvalue weighted by Crippen LogP contribution is 2.27. The number of aromatic amines is 1. The summed E-state index contributed by atoms with van der Waals surface area (Å²) in [7, 11) is 0. The molecule has 0 aliphatic heterocycles. The zero-order chi connectivity index (χ0) is 23.3. The van der Waals surface area contributed by atoms with Gasteiger partial charge in [-0.1, -0.05) is 55.9 Å². The number of anilines is 2. The van der Waals surface area contributed by atoms with Gasteiger partial charge in [-0.25, -0.2) is 0 Å². The van der Waals surface area contributed by atoms with Crippen LogP contribution < -0.4 is 16.2 Å². The van der Waals surface area contributed by atoms with E-state index in [1.807, 2.05) is 37.3 Å². The summed E-state index contributed by atoms with van der Waals surface area (Å²) in [6.07, 6.45) is 0. The first kappa shape index (κ1) is 23.2. The Bertz CT molecular complexity index is 1190. The third-order valence-electron chi connectivity index (χ3n) is 4.71. The van der Waals surface area contributed by atoms with Gasteiger partial charge in [-0.05, 0) is 36.1 Å². The lowest BCUT2D eigenvalue weighted by atomic mass is 10.0. The van der Waals surface area contributed by atoms with E-state index >= 15 is 0 Å². The number of aryl methyl sites for hydroxylation is 1. The molecule has 0 aliphatic carbocycles. The van der Waals surface area contributed by atoms with Crippen LogP contribution in [0.5, 0.6) is 0 Å². The molecule has 0 saturated carbocycles. The Labute approximate surface area is 190 Å². The average molecular weight is 452 g/mol. The third-order valence-corrected chi connectivity index (χ3v) is 5.57. The van der Waals surface area contributed by atoms with Crippen LogP contribution in [0.1, 0.15) is 37.8 Å². The van der Waals surface area contributed by atoms with Crippen LogP contribution in [0.2, 0.25) is 0 Å². The molecule has 166 valence electrons. The van der Waals surface area contributed by atoms with Gasteiger partial charge < -0.3 is 10.6 Å². The standard InChI is InChI=1S/C23H25N5O3S/c1-13(2)16-8-10-17(11-9-16)25-19(30)12-32-23-26-22(31)21(27-28-23)18-7-5-6-14(3)20(18)24-15(4)29/h5-11,13H,12H2,1-4H3,(H,24,29)(H,25,30)(H,26,28,31). The number of hydrogen-bond acceptors (Lipinski definition) is 6. The highest BCUT2D eigenvalue weighted by atomic mass is 32.2. The normalized spacial score (nSPS) is 10.8. The molecule has 0 saturated heterocycles. The summed E-state index contributed by atoms with van der Waals surface area (Å²) < 4.78 is 0. The van der Waals surface area contributed by atoms with Gasteiger partial charge in [0, 0.05) is 18.2 Å². The highest BCUT2D eigenvalue weighted by Gasteiger charge is 2.15. The number of aromatic nitrogens is 3. The van der Waals surface area contributed by atoms with Gasteiger partial charge in [-0.2, -0.15) is 0 Å². The Morgan fingerprint density at radius 1 is 1.06 bits per heavy atom. The number of rotatable bonds is 7. The van der Waals surface area contributed by atoms with Crippen LogP contribution in [-0.4, -0.2) is 32.7 Å². The number of nitrogens with one attached hydrogen (secondary N) is 3. The highest BCUT2D eigenvalue weighted by molar-refractivity contribution is 7.99. The Morgan fingerprint density at radius 2 is 1.78 bits per heavy atom. The number of nitrogens with zero attached hydrogens (tertiary/aromatic N) is 2. The van der Waals surface area contributed by atoms with Gasteiger partial charge in [-0.15, -0.1) is 10.2 Å². The summed E-state index contributed by atoms with van der Waals surface area (Å²) >= 11 is 1.08. The lowest BCUT2D eigenvalue weighted by molar-refractivity contribution is -0.114. The molecule has 32 heavy (non-hydrogen) atoms. The second kappa shape index (κ2) is 10.2. The Balaban J connectivity index is 1.68. The molecule has 0 spiro atoms. The van der Waals surface area contributed by atoms with E-state index in [1.54, 1.807) is 12.1 Å². The number of benzene rings is 2. The van der Waals surface area contributed by atoms with E-state index in [2.05, 4.69) is 39.7 Å². The van der Waals surface area contributed by atoms with Gasteiger partial charge in [0.25, 0.3) is 5.56 Å². The van der Waals surface area contributed by atoms with Crippen LogP contribution in [0.4, 0.5) is 11.4 Å². The number of thioether (sulfide) groups is 1. The second-order valence-corrected chi connectivity index (χ2v) is 8.56. The molecule has 2 amide bonds. The molecule has 0 radical (unpaired) electrons. The summed E-state index contributed by atoms with van der Waals surface area (Å²) in [5.41, 5.74) is 3.34. The number of carbonyl (C=O) groups is 2. The quantitative estimate of drug-likeness (QED) is 0.468. The maximum atomic E-state index is 12.6. The number of hydrogen-bond donors (Lipinski definition) is 3. The molecule has 1 heterocycles. The van der Waals surface area contributed by atoms with Crippen molar-refractivity contribution in [3.63, 3.8) is 0 Å². The lowest BCUT2D eigenvalue weighted by Gasteiger charge is -2.12. The fourth-order valence-electron chi connectivity index (χ4n) is 3.05. The first-order chi connectivity index (χ1) is 15.2. The van der Waals surface area contributed by atoms with E-state index < -0.39 is 5.56 Å². The van der Waals surface area contributed by atoms with E-state index in [0.29, 0.717) is 22.9 Å². The van der Waals surface area contributed by atoms with Crippen molar-refractivity contribution in [2.24, 2.45) is 0 Å². The zero-order valence-corrected chi connectivity index (χ0v) is 19.2. The number of amides is 2. The predicted octanol–water partition coefficient (Wildman–Crippen LogP) is 3.95. The van der Waals surface area contributed by atoms with Crippen molar-refractivity contribution in [3.05, 3.63) is 63.9 Å². The van der Waals surface area contributed by atoms with Crippen LogP contribution in [0.15, 0.2) is 52.4 Å². The van der Waals surface area contributed by atoms with E-state index in [-0.39, 0.29) is 28.4 Å². The second-order valence-electron chi connectivity index (χ2n) is 7.60. The van der Waals surface area contributed by atoms with Gasteiger partial charge in [0.15, 0.2) is 10.9 Å². The van der Waals surface area contributed by atoms with Crippen LogP contribution in [0, 0.1) is 6.92 Å². The largest absolute Gasteiger partial charge is 0.325 e. The van der Waals surface area contributed by atoms with Crippen molar-refractivity contribution in [2.75, 3.05) is 16.4 Å². The van der Waals surface area contributed by atoms with Gasteiger partial charge in [0.1, 0.15) is 0 Å². The summed E-state index contributed by atoms with van der Waals surface area (Å²) in [5, 5.41) is 13.9. The Hall–Kier alpha value is -3.46. The van der Waals surface area contributed by atoms with Crippen molar-refractivity contribution >= 4 is 35.0 Å². The van der Waals surface area contributed by atoms with Crippen LogP contribution in [-0.2, 0) is 9.59 Å². The van der Waals surface area contributed by atoms with Gasteiger partial charge in [0.05, 0.1) is 11.4 Å². The maximum Gasteiger partial charge on any atom is 0.278 e. The van der Waals surface area contributed by atoms with Crippen molar-refractivity contribution in [1.82, 2.24) is 15.2 Å². The molecule has 8 nitrogen and oxygen atoms in total. The van der Waals surface area contributed by atoms with Gasteiger partial charge in [0.2, 0.25) is 11.8 Å². The summed E-state index contributed by atoms with van der Waals surface area (Å²) in [4.78, 5) is 39.1. The molecule has 3 aromatic rings. The molecule has 0 fully saturated rings. The van der Waals surface area contributed by atoms with E-state index in [9.17, 15) is 14.4 Å². The van der Waals surface area contributed by atoms with Crippen LogP contribution in [0.25, 0.3) is 11.3 Å². The van der Waals surface area contributed by atoms with E-state index in [0.717, 1.165) is 17.3 Å².